The summed E-state index contributed by atoms with van der Waals surface area (Å²) in [5.41, 5.74) is 0. The zero-order chi connectivity index (χ0) is 15.7. The van der Waals surface area contributed by atoms with Crippen LogP contribution in [0.1, 0.15) is 33.6 Å². The van der Waals surface area contributed by atoms with E-state index >= 15 is 0 Å². The zero-order valence-electron chi connectivity index (χ0n) is 12.9. The summed E-state index contributed by atoms with van der Waals surface area (Å²) in [6.45, 7) is 7.45. The van der Waals surface area contributed by atoms with Crippen molar-refractivity contribution < 1.29 is 27.6 Å². The van der Waals surface area contributed by atoms with Crippen molar-refractivity contribution in [3.63, 3.8) is 0 Å². The molecule has 0 spiro atoms. The SMILES string of the molecule is CCO[Si](CCCSC1CC(=O)OC1=O)(OCC)OCC. The molecule has 0 aromatic rings. The van der Waals surface area contributed by atoms with Gasteiger partial charge in [0.05, 0.1) is 6.42 Å². The number of cyclic esters (lactones) is 2. The molecule has 1 heterocycles. The van der Waals surface area contributed by atoms with Crippen LogP contribution in [0.5, 0.6) is 0 Å². The summed E-state index contributed by atoms with van der Waals surface area (Å²) >= 11 is 1.45. The first-order valence-corrected chi connectivity index (χ1v) is 10.3. The maximum atomic E-state index is 11.4. The van der Waals surface area contributed by atoms with Gasteiger partial charge in [-0.1, -0.05) is 0 Å². The van der Waals surface area contributed by atoms with Crippen molar-refractivity contribution in [2.75, 3.05) is 25.6 Å². The summed E-state index contributed by atoms with van der Waals surface area (Å²) in [5, 5.41) is -0.361. The third kappa shape index (κ3) is 6.07. The average molecular weight is 336 g/mol. The molecule has 0 saturated carbocycles. The van der Waals surface area contributed by atoms with Crippen molar-refractivity contribution in [2.24, 2.45) is 0 Å². The standard InChI is InChI=1S/C13H24O6SSi/c1-4-16-21(17-5-2,18-6-3)9-7-8-20-11-10-12(14)19-13(11)15/h11H,4-10H2,1-3H3. The van der Waals surface area contributed by atoms with Crippen molar-refractivity contribution in [1.82, 2.24) is 0 Å². The van der Waals surface area contributed by atoms with E-state index in [0.717, 1.165) is 12.2 Å². The molecular weight excluding hydrogens is 312 g/mol. The molecule has 0 bridgehead atoms. The Morgan fingerprint density at radius 2 is 1.71 bits per heavy atom. The van der Waals surface area contributed by atoms with Gasteiger partial charge in [-0.05, 0) is 32.9 Å². The molecule has 0 N–H and O–H groups in total. The molecule has 1 unspecified atom stereocenters. The first-order chi connectivity index (χ1) is 10.1. The number of hydrogen-bond donors (Lipinski definition) is 0. The lowest BCUT2D eigenvalue weighted by atomic mass is 10.4. The first-order valence-electron chi connectivity index (χ1n) is 7.34. The molecule has 0 aromatic carbocycles. The van der Waals surface area contributed by atoms with Gasteiger partial charge in [-0.2, -0.15) is 0 Å². The highest BCUT2D eigenvalue weighted by molar-refractivity contribution is 8.00. The molecule has 1 rings (SSSR count). The summed E-state index contributed by atoms with van der Waals surface area (Å²) in [4.78, 5) is 22.4. The van der Waals surface area contributed by atoms with E-state index in [1.165, 1.54) is 11.8 Å². The Labute approximate surface area is 131 Å². The van der Waals surface area contributed by atoms with Gasteiger partial charge < -0.3 is 18.0 Å². The molecule has 0 aliphatic carbocycles. The van der Waals surface area contributed by atoms with Crippen molar-refractivity contribution in [3.05, 3.63) is 0 Å². The zero-order valence-corrected chi connectivity index (χ0v) is 14.7. The van der Waals surface area contributed by atoms with Crippen LogP contribution < -0.4 is 0 Å². The Morgan fingerprint density at radius 3 is 2.14 bits per heavy atom. The summed E-state index contributed by atoms with van der Waals surface area (Å²) in [7, 11) is -2.60. The van der Waals surface area contributed by atoms with Gasteiger partial charge in [0.25, 0.3) is 0 Å². The van der Waals surface area contributed by atoms with Gasteiger partial charge in [0.15, 0.2) is 0 Å². The molecule has 8 heteroatoms. The number of esters is 2. The fourth-order valence-electron chi connectivity index (χ4n) is 2.10. The first kappa shape index (κ1) is 18.6. The van der Waals surface area contributed by atoms with E-state index in [0.29, 0.717) is 25.9 Å². The number of ether oxygens (including phenoxy) is 1. The van der Waals surface area contributed by atoms with Crippen molar-refractivity contribution in [3.8, 4) is 0 Å². The van der Waals surface area contributed by atoms with Crippen LogP contribution >= 0.6 is 11.8 Å². The largest absolute Gasteiger partial charge is 0.500 e. The Morgan fingerprint density at radius 1 is 1.14 bits per heavy atom. The Balaban J connectivity index is 2.38. The van der Waals surface area contributed by atoms with Crippen LogP contribution in [0.4, 0.5) is 0 Å². The summed E-state index contributed by atoms with van der Waals surface area (Å²) < 4.78 is 21.8. The molecule has 6 nitrogen and oxygen atoms in total. The normalized spacial score (nSPS) is 19.1. The predicted molar refractivity (Wildman–Crippen MR) is 82.0 cm³/mol. The van der Waals surface area contributed by atoms with Crippen molar-refractivity contribution in [1.29, 1.82) is 0 Å². The lowest BCUT2D eigenvalue weighted by Gasteiger charge is -2.28. The highest BCUT2D eigenvalue weighted by Gasteiger charge is 2.40. The number of carbonyl (C=O) groups excluding carboxylic acids is 2. The number of carbonyl (C=O) groups is 2. The molecule has 21 heavy (non-hydrogen) atoms. The molecule has 1 saturated heterocycles. The van der Waals surface area contributed by atoms with Crippen molar-refractivity contribution in [2.45, 2.75) is 44.9 Å². The number of hydrogen-bond acceptors (Lipinski definition) is 7. The van der Waals surface area contributed by atoms with Gasteiger partial charge in [-0.25, -0.2) is 0 Å². The number of rotatable bonds is 11. The third-order valence-electron chi connectivity index (χ3n) is 2.87. The van der Waals surface area contributed by atoms with Gasteiger partial charge >= 0.3 is 20.7 Å². The lowest BCUT2D eigenvalue weighted by molar-refractivity contribution is -0.151. The van der Waals surface area contributed by atoms with Crippen LogP contribution in [-0.4, -0.2) is 51.6 Å². The highest BCUT2D eigenvalue weighted by atomic mass is 32.2. The minimum absolute atomic E-state index is 0.175. The second kappa shape index (κ2) is 9.57. The van der Waals surface area contributed by atoms with Gasteiger partial charge in [0.2, 0.25) is 0 Å². The van der Waals surface area contributed by atoms with Crippen LogP contribution in [0.3, 0.4) is 0 Å². The van der Waals surface area contributed by atoms with Gasteiger partial charge in [-0.3, -0.25) is 9.59 Å². The smallest absolute Gasteiger partial charge is 0.392 e. The molecule has 1 aliphatic rings. The summed E-state index contributed by atoms with van der Waals surface area (Å²) in [6, 6.07) is 0.714. The van der Waals surface area contributed by atoms with Crippen LogP contribution in [0.15, 0.2) is 0 Å². The van der Waals surface area contributed by atoms with Crippen LogP contribution in [0, 0.1) is 0 Å². The molecule has 0 aromatic heterocycles. The van der Waals surface area contributed by atoms with Crippen LogP contribution in [-0.2, 0) is 27.6 Å². The minimum atomic E-state index is -2.60. The monoisotopic (exact) mass is 336 g/mol. The van der Waals surface area contributed by atoms with E-state index in [-0.39, 0.29) is 11.7 Å². The Bertz CT molecular complexity index is 335. The molecule has 1 aliphatic heterocycles. The lowest BCUT2D eigenvalue weighted by Crippen LogP contribution is -2.46. The maximum Gasteiger partial charge on any atom is 0.500 e. The van der Waals surface area contributed by atoms with Crippen LogP contribution in [0.2, 0.25) is 6.04 Å². The molecule has 1 atom stereocenters. The molecule has 0 radical (unpaired) electrons. The topological polar surface area (TPSA) is 71.1 Å². The highest BCUT2D eigenvalue weighted by Crippen LogP contribution is 2.26. The average Bonchev–Trinajstić information content (AvgIpc) is 2.74. The predicted octanol–water partition coefficient (Wildman–Crippen LogP) is 2.00. The second-order valence-corrected chi connectivity index (χ2v) is 8.48. The summed E-state index contributed by atoms with van der Waals surface area (Å²) in [5.74, 6) is -0.109. The molecule has 122 valence electrons. The molecule has 0 amide bonds. The van der Waals surface area contributed by atoms with Gasteiger partial charge in [0.1, 0.15) is 5.25 Å². The van der Waals surface area contributed by atoms with Gasteiger partial charge in [-0.15, -0.1) is 11.8 Å². The molecular formula is C13H24O6SSi. The number of thioether (sulfide) groups is 1. The van der Waals surface area contributed by atoms with E-state index in [1.807, 2.05) is 20.8 Å². The Hall–Kier alpha value is -0.413. The minimum Gasteiger partial charge on any atom is -0.392 e. The Kier molecular flexibility index (Phi) is 8.50. The quantitative estimate of drug-likeness (QED) is 0.247. The summed E-state index contributed by atoms with van der Waals surface area (Å²) in [6.07, 6.45) is 0.989. The van der Waals surface area contributed by atoms with Crippen LogP contribution in [0.25, 0.3) is 0 Å². The van der Waals surface area contributed by atoms with E-state index in [1.54, 1.807) is 0 Å². The second-order valence-electron chi connectivity index (χ2n) is 4.44. The maximum absolute atomic E-state index is 11.4. The third-order valence-corrected chi connectivity index (χ3v) is 7.31. The van der Waals surface area contributed by atoms with E-state index in [2.05, 4.69) is 4.74 Å². The van der Waals surface area contributed by atoms with E-state index in [9.17, 15) is 9.59 Å². The van der Waals surface area contributed by atoms with E-state index < -0.39 is 20.7 Å². The van der Waals surface area contributed by atoms with E-state index in [4.69, 9.17) is 13.3 Å². The fourth-order valence-corrected chi connectivity index (χ4v) is 6.00. The molecule has 1 fully saturated rings. The van der Waals surface area contributed by atoms with Gasteiger partial charge in [0, 0.05) is 25.9 Å². The van der Waals surface area contributed by atoms with Crippen molar-refractivity contribution >= 4 is 32.5 Å². The fraction of sp³-hybridized carbons (Fsp3) is 0.846.